The minimum atomic E-state index is -0.156. The van der Waals surface area contributed by atoms with E-state index in [2.05, 4.69) is 9.97 Å². The van der Waals surface area contributed by atoms with Crippen molar-refractivity contribution in [3.8, 4) is 0 Å². The summed E-state index contributed by atoms with van der Waals surface area (Å²) in [5, 5.41) is 9.43. The van der Waals surface area contributed by atoms with Crippen LogP contribution in [-0.2, 0) is 6.42 Å². The van der Waals surface area contributed by atoms with Gasteiger partial charge in [0, 0.05) is 30.0 Å². The number of aliphatic hydroxyl groups excluding tert-OH is 1. The first-order valence-electron chi connectivity index (χ1n) is 5.22. The van der Waals surface area contributed by atoms with Crippen molar-refractivity contribution in [2.24, 2.45) is 5.73 Å². The summed E-state index contributed by atoms with van der Waals surface area (Å²) >= 11 is 1.49. The van der Waals surface area contributed by atoms with E-state index in [0.717, 1.165) is 12.2 Å². The summed E-state index contributed by atoms with van der Waals surface area (Å²) in [7, 11) is 0. The molecule has 1 aromatic heterocycles. The number of thioether (sulfide) groups is 1. The minimum Gasteiger partial charge on any atom is -0.396 e. The molecule has 16 heavy (non-hydrogen) atoms. The Bertz CT molecular complexity index is 392. The molecule has 0 saturated heterocycles. The molecule has 1 rings (SSSR count). The first-order valence-corrected chi connectivity index (χ1v) is 6.21. The van der Waals surface area contributed by atoms with Crippen molar-refractivity contribution in [2.45, 2.75) is 24.9 Å². The maximum atomic E-state index is 11.6. The lowest BCUT2D eigenvalue weighted by molar-refractivity contribution is 0.298. The fourth-order valence-corrected chi connectivity index (χ4v) is 2.18. The lowest BCUT2D eigenvalue weighted by Crippen LogP contribution is -2.18. The third kappa shape index (κ3) is 3.62. The monoisotopic (exact) mass is 243 g/mol. The fourth-order valence-electron chi connectivity index (χ4n) is 1.31. The molecule has 0 atom stereocenters. The largest absolute Gasteiger partial charge is 0.396 e. The van der Waals surface area contributed by atoms with Crippen molar-refractivity contribution in [1.82, 2.24) is 9.97 Å². The second-order valence-corrected chi connectivity index (χ2v) is 4.48. The quantitative estimate of drug-likeness (QED) is 0.373. The molecule has 0 aliphatic carbocycles. The van der Waals surface area contributed by atoms with Gasteiger partial charge in [0.15, 0.2) is 5.16 Å². The molecule has 0 amide bonds. The third-order valence-electron chi connectivity index (χ3n) is 2.15. The molecule has 1 heterocycles. The predicted octanol–water partition coefficient (Wildman–Crippen LogP) is 0.0540. The minimum absolute atomic E-state index is 0.0364. The molecule has 0 unspecified atom stereocenters. The Hall–Kier alpha value is -0.850. The van der Waals surface area contributed by atoms with Gasteiger partial charge in [-0.15, -0.1) is 0 Å². The Balaban J connectivity index is 2.79. The number of nitrogens with two attached hydrogens (primary N) is 1. The van der Waals surface area contributed by atoms with Gasteiger partial charge in [-0.25, -0.2) is 4.98 Å². The smallest absolute Gasteiger partial charge is 0.255 e. The maximum Gasteiger partial charge on any atom is 0.255 e. The van der Waals surface area contributed by atoms with Gasteiger partial charge in [-0.2, -0.15) is 0 Å². The molecule has 5 nitrogen and oxygen atoms in total. The zero-order valence-corrected chi connectivity index (χ0v) is 10.1. The van der Waals surface area contributed by atoms with Crippen molar-refractivity contribution in [1.29, 1.82) is 0 Å². The molecular formula is C10H17N3O2S. The van der Waals surface area contributed by atoms with Crippen LogP contribution >= 0.6 is 11.8 Å². The van der Waals surface area contributed by atoms with E-state index in [1.807, 2.05) is 0 Å². The number of H-pyrrole nitrogens is 1. The summed E-state index contributed by atoms with van der Waals surface area (Å²) in [6.45, 7) is 2.39. The van der Waals surface area contributed by atoms with Crippen molar-refractivity contribution < 1.29 is 5.11 Å². The molecule has 0 saturated carbocycles. The van der Waals surface area contributed by atoms with E-state index >= 15 is 0 Å². The zero-order valence-electron chi connectivity index (χ0n) is 9.32. The highest BCUT2D eigenvalue weighted by Gasteiger charge is 2.07. The molecule has 0 fully saturated rings. The van der Waals surface area contributed by atoms with Crippen LogP contribution in [0.3, 0.4) is 0 Å². The van der Waals surface area contributed by atoms with E-state index in [-0.39, 0.29) is 12.2 Å². The molecule has 0 spiro atoms. The van der Waals surface area contributed by atoms with Crippen molar-refractivity contribution in [2.75, 3.05) is 18.9 Å². The van der Waals surface area contributed by atoms with Crippen LogP contribution < -0.4 is 11.3 Å². The van der Waals surface area contributed by atoms with Gasteiger partial charge in [-0.1, -0.05) is 11.8 Å². The number of hydrogen-bond donors (Lipinski definition) is 3. The van der Waals surface area contributed by atoms with Gasteiger partial charge in [-0.3, -0.25) is 4.79 Å². The average Bonchev–Trinajstić information content (AvgIpc) is 2.24. The molecule has 6 heteroatoms. The van der Waals surface area contributed by atoms with Gasteiger partial charge in [0.1, 0.15) is 0 Å². The summed E-state index contributed by atoms with van der Waals surface area (Å²) < 4.78 is 0. The van der Waals surface area contributed by atoms with E-state index in [0.29, 0.717) is 29.4 Å². The Morgan fingerprint density at radius 2 is 2.31 bits per heavy atom. The lowest BCUT2D eigenvalue weighted by Gasteiger charge is -2.05. The van der Waals surface area contributed by atoms with Crippen LogP contribution in [0.5, 0.6) is 0 Å². The molecule has 90 valence electrons. The van der Waals surface area contributed by atoms with Crippen molar-refractivity contribution in [3.05, 3.63) is 21.6 Å². The molecular weight excluding hydrogens is 226 g/mol. The van der Waals surface area contributed by atoms with Gasteiger partial charge in [0.25, 0.3) is 5.56 Å². The Morgan fingerprint density at radius 1 is 1.56 bits per heavy atom. The van der Waals surface area contributed by atoms with Crippen LogP contribution in [0.1, 0.15) is 17.7 Å². The molecule has 0 aliphatic rings. The molecule has 4 N–H and O–H groups in total. The van der Waals surface area contributed by atoms with Gasteiger partial charge >= 0.3 is 0 Å². The van der Waals surface area contributed by atoms with E-state index in [9.17, 15) is 4.79 Å². The van der Waals surface area contributed by atoms with Gasteiger partial charge < -0.3 is 15.8 Å². The highest BCUT2D eigenvalue weighted by Crippen LogP contribution is 2.13. The lowest BCUT2D eigenvalue weighted by atomic mass is 10.2. The number of aliphatic hydroxyl groups is 1. The molecule has 0 aliphatic heterocycles. The number of nitrogens with one attached hydrogen (secondary N) is 1. The fraction of sp³-hybridized carbons (Fsp3) is 0.600. The van der Waals surface area contributed by atoms with Crippen molar-refractivity contribution >= 4 is 11.8 Å². The summed E-state index contributed by atoms with van der Waals surface area (Å²) in [6, 6.07) is 0. The zero-order chi connectivity index (χ0) is 12.0. The molecule has 0 bridgehead atoms. The number of hydrogen-bond acceptors (Lipinski definition) is 5. The number of aromatic nitrogens is 2. The van der Waals surface area contributed by atoms with E-state index < -0.39 is 0 Å². The summed E-state index contributed by atoms with van der Waals surface area (Å²) in [6.07, 6.45) is 1.24. The first kappa shape index (κ1) is 13.2. The molecule has 0 radical (unpaired) electrons. The van der Waals surface area contributed by atoms with Crippen LogP contribution in [-0.4, -0.2) is 34.0 Å². The van der Waals surface area contributed by atoms with Crippen LogP contribution in [0.25, 0.3) is 0 Å². The second kappa shape index (κ2) is 6.67. The topological polar surface area (TPSA) is 92.0 Å². The third-order valence-corrected chi connectivity index (χ3v) is 3.11. The normalized spacial score (nSPS) is 10.7. The Morgan fingerprint density at radius 3 is 2.88 bits per heavy atom. The van der Waals surface area contributed by atoms with Crippen LogP contribution in [0.2, 0.25) is 0 Å². The van der Waals surface area contributed by atoms with Crippen molar-refractivity contribution in [3.63, 3.8) is 0 Å². The summed E-state index contributed by atoms with van der Waals surface area (Å²) in [4.78, 5) is 18.6. The average molecular weight is 243 g/mol. The Kier molecular flexibility index (Phi) is 5.51. The van der Waals surface area contributed by atoms with Gasteiger partial charge in [-0.05, 0) is 19.9 Å². The van der Waals surface area contributed by atoms with Crippen LogP contribution in [0, 0.1) is 6.92 Å². The van der Waals surface area contributed by atoms with Crippen LogP contribution in [0.15, 0.2) is 9.95 Å². The number of aromatic amines is 1. The summed E-state index contributed by atoms with van der Waals surface area (Å²) in [5.74, 6) is 0.845. The highest BCUT2D eigenvalue weighted by molar-refractivity contribution is 7.99. The van der Waals surface area contributed by atoms with Crippen LogP contribution in [0.4, 0.5) is 0 Å². The molecule has 0 aromatic carbocycles. The van der Waals surface area contributed by atoms with E-state index in [1.54, 1.807) is 6.92 Å². The molecule has 1 aromatic rings. The number of nitrogens with zero attached hydrogens (tertiary/aromatic N) is 1. The number of aryl methyl sites for hydroxylation is 1. The highest BCUT2D eigenvalue weighted by atomic mass is 32.2. The maximum absolute atomic E-state index is 11.6. The predicted molar refractivity (Wildman–Crippen MR) is 64.8 cm³/mol. The summed E-state index contributed by atoms with van der Waals surface area (Å²) in [5.41, 5.74) is 6.48. The number of rotatable bonds is 6. The SMILES string of the molecule is Cc1nc(SCCCN)[nH]c(=O)c1CCO. The van der Waals surface area contributed by atoms with E-state index in [4.69, 9.17) is 10.8 Å². The van der Waals surface area contributed by atoms with E-state index in [1.165, 1.54) is 11.8 Å². The van der Waals surface area contributed by atoms with Gasteiger partial charge in [0.2, 0.25) is 0 Å². The van der Waals surface area contributed by atoms with Gasteiger partial charge in [0.05, 0.1) is 0 Å². The Labute approximate surface area is 98.5 Å². The standard InChI is InChI=1S/C10H17N3O2S/c1-7-8(3-5-14)9(15)13-10(12-7)16-6-2-4-11/h14H,2-6,11H2,1H3,(H,12,13,15). The first-order chi connectivity index (χ1) is 7.69. The second-order valence-electron chi connectivity index (χ2n) is 3.40.